The van der Waals surface area contributed by atoms with Crippen molar-refractivity contribution in [3.05, 3.63) is 0 Å². The monoisotopic (exact) mass is 209 g/mol. The molecule has 2 nitrogen and oxygen atoms in total. The van der Waals surface area contributed by atoms with E-state index in [1.54, 1.807) is 0 Å². The Morgan fingerprint density at radius 1 is 1.27 bits per heavy atom. The number of rotatable bonds is 3. The Morgan fingerprint density at radius 3 is 2.47 bits per heavy atom. The first-order chi connectivity index (χ1) is 7.13. The summed E-state index contributed by atoms with van der Waals surface area (Å²) in [5.41, 5.74) is 5.88. The zero-order valence-electron chi connectivity index (χ0n) is 9.80. The van der Waals surface area contributed by atoms with Gasteiger partial charge in [-0.15, -0.1) is 0 Å². The number of carbonyl (C=O) groups excluding carboxylic acids is 1. The number of carbonyl (C=O) groups is 1. The van der Waals surface area contributed by atoms with Gasteiger partial charge in [0.05, 0.1) is 0 Å². The maximum atomic E-state index is 12.3. The maximum absolute atomic E-state index is 12.3. The molecule has 2 saturated carbocycles. The van der Waals surface area contributed by atoms with Crippen molar-refractivity contribution in [1.82, 2.24) is 0 Å². The van der Waals surface area contributed by atoms with Gasteiger partial charge in [0.1, 0.15) is 5.78 Å². The van der Waals surface area contributed by atoms with Crippen molar-refractivity contribution in [2.45, 2.75) is 64.3 Å². The van der Waals surface area contributed by atoms with E-state index in [4.69, 9.17) is 5.73 Å². The van der Waals surface area contributed by atoms with Crippen molar-refractivity contribution in [2.75, 3.05) is 0 Å². The summed E-state index contributed by atoms with van der Waals surface area (Å²) < 4.78 is 0. The summed E-state index contributed by atoms with van der Waals surface area (Å²) in [7, 11) is 0. The van der Waals surface area contributed by atoms with Gasteiger partial charge in [0.25, 0.3) is 0 Å². The first kappa shape index (κ1) is 11.1. The summed E-state index contributed by atoms with van der Waals surface area (Å²) in [6.07, 6.45) is 9.14. The standard InChI is InChI=1S/C13H23NO/c1-13(8-4-7-11(13)14)12(15)9-10-5-2-3-6-10/h10-11H,2-9,14H2,1H3. The quantitative estimate of drug-likeness (QED) is 0.776. The van der Waals surface area contributed by atoms with Crippen LogP contribution in [-0.2, 0) is 4.79 Å². The number of hydrogen-bond acceptors (Lipinski definition) is 2. The van der Waals surface area contributed by atoms with E-state index < -0.39 is 0 Å². The van der Waals surface area contributed by atoms with Gasteiger partial charge in [0.2, 0.25) is 0 Å². The predicted molar refractivity (Wildman–Crippen MR) is 61.5 cm³/mol. The summed E-state index contributed by atoms with van der Waals surface area (Å²) in [6.45, 7) is 2.09. The SMILES string of the molecule is CC1(C(=O)CC2CCCC2)CCCC1N. The van der Waals surface area contributed by atoms with E-state index in [0.717, 1.165) is 25.7 Å². The average Bonchev–Trinajstić information content (AvgIpc) is 2.79. The molecule has 2 unspecified atom stereocenters. The maximum Gasteiger partial charge on any atom is 0.140 e. The van der Waals surface area contributed by atoms with Gasteiger partial charge in [-0.1, -0.05) is 39.0 Å². The van der Waals surface area contributed by atoms with Crippen molar-refractivity contribution < 1.29 is 4.79 Å². The van der Waals surface area contributed by atoms with Crippen molar-refractivity contribution in [3.8, 4) is 0 Å². The zero-order chi connectivity index (χ0) is 10.9. The molecule has 0 amide bonds. The van der Waals surface area contributed by atoms with E-state index in [9.17, 15) is 4.79 Å². The highest BCUT2D eigenvalue weighted by molar-refractivity contribution is 5.85. The lowest BCUT2D eigenvalue weighted by molar-refractivity contribution is -0.129. The molecule has 0 bridgehead atoms. The Labute approximate surface area is 92.6 Å². The molecule has 0 radical (unpaired) electrons. The van der Waals surface area contributed by atoms with Crippen LogP contribution in [0, 0.1) is 11.3 Å². The van der Waals surface area contributed by atoms with Gasteiger partial charge in [-0.25, -0.2) is 0 Å². The van der Waals surface area contributed by atoms with Crippen LogP contribution >= 0.6 is 0 Å². The molecule has 0 saturated heterocycles. The second-order valence-electron chi connectivity index (χ2n) is 5.69. The van der Waals surface area contributed by atoms with E-state index >= 15 is 0 Å². The minimum absolute atomic E-state index is 0.117. The number of Topliss-reactive ketones (excluding diaryl/α,β-unsaturated/α-hetero) is 1. The molecule has 0 aliphatic heterocycles. The molecule has 2 N–H and O–H groups in total. The van der Waals surface area contributed by atoms with Gasteiger partial charge in [0.15, 0.2) is 0 Å². The predicted octanol–water partition coefficient (Wildman–Crippen LogP) is 2.65. The molecule has 0 heterocycles. The van der Waals surface area contributed by atoms with Crippen LogP contribution in [0.15, 0.2) is 0 Å². The molecule has 2 atom stereocenters. The van der Waals surface area contributed by atoms with Crippen LogP contribution in [-0.4, -0.2) is 11.8 Å². The van der Waals surface area contributed by atoms with Crippen molar-refractivity contribution >= 4 is 5.78 Å². The van der Waals surface area contributed by atoms with Crippen LogP contribution in [0.25, 0.3) is 0 Å². The van der Waals surface area contributed by atoms with E-state index in [1.807, 2.05) is 0 Å². The smallest absolute Gasteiger partial charge is 0.140 e. The first-order valence-corrected chi connectivity index (χ1v) is 6.42. The van der Waals surface area contributed by atoms with Gasteiger partial charge in [-0.3, -0.25) is 4.79 Å². The van der Waals surface area contributed by atoms with Crippen LogP contribution in [0.5, 0.6) is 0 Å². The second-order valence-corrected chi connectivity index (χ2v) is 5.69. The minimum Gasteiger partial charge on any atom is -0.327 e. The fourth-order valence-electron chi connectivity index (χ4n) is 3.25. The number of hydrogen-bond donors (Lipinski definition) is 1. The highest BCUT2D eigenvalue weighted by Crippen LogP contribution is 2.40. The van der Waals surface area contributed by atoms with Gasteiger partial charge in [0, 0.05) is 17.9 Å². The van der Waals surface area contributed by atoms with Crippen LogP contribution in [0.1, 0.15) is 58.3 Å². The van der Waals surface area contributed by atoms with E-state index in [1.165, 1.54) is 25.7 Å². The third kappa shape index (κ3) is 2.10. The lowest BCUT2D eigenvalue weighted by Crippen LogP contribution is -2.41. The fraction of sp³-hybridized carbons (Fsp3) is 0.923. The molecule has 2 heteroatoms. The van der Waals surface area contributed by atoms with Crippen molar-refractivity contribution in [1.29, 1.82) is 0 Å². The Balaban J connectivity index is 1.94. The van der Waals surface area contributed by atoms with Crippen molar-refractivity contribution in [2.24, 2.45) is 17.1 Å². The normalized spacial score (nSPS) is 37.3. The average molecular weight is 209 g/mol. The molecular formula is C13H23NO. The molecule has 0 aromatic carbocycles. The van der Waals surface area contributed by atoms with Crippen LogP contribution < -0.4 is 5.73 Å². The summed E-state index contributed by atoms with van der Waals surface area (Å²) in [6, 6.07) is 0.117. The highest BCUT2D eigenvalue weighted by atomic mass is 16.1. The fourth-order valence-corrected chi connectivity index (χ4v) is 3.25. The molecule has 0 spiro atoms. The zero-order valence-corrected chi connectivity index (χ0v) is 9.80. The van der Waals surface area contributed by atoms with Crippen molar-refractivity contribution in [3.63, 3.8) is 0 Å². The van der Waals surface area contributed by atoms with Gasteiger partial charge in [-0.05, 0) is 18.8 Å². The molecule has 0 aromatic rings. The highest BCUT2D eigenvalue weighted by Gasteiger charge is 2.42. The summed E-state index contributed by atoms with van der Waals surface area (Å²) in [5.74, 6) is 1.11. The molecule has 2 fully saturated rings. The van der Waals surface area contributed by atoms with Gasteiger partial charge in [-0.2, -0.15) is 0 Å². The molecule has 2 aliphatic rings. The minimum atomic E-state index is -0.192. The first-order valence-electron chi connectivity index (χ1n) is 6.42. The Bertz CT molecular complexity index is 245. The summed E-state index contributed by atoms with van der Waals surface area (Å²) >= 11 is 0. The van der Waals surface area contributed by atoms with Crippen LogP contribution in [0.2, 0.25) is 0 Å². The molecule has 2 rings (SSSR count). The van der Waals surface area contributed by atoms with Crippen LogP contribution in [0.3, 0.4) is 0 Å². The molecular weight excluding hydrogens is 186 g/mol. The topological polar surface area (TPSA) is 43.1 Å². The van der Waals surface area contributed by atoms with E-state index in [0.29, 0.717) is 11.7 Å². The van der Waals surface area contributed by atoms with Gasteiger partial charge < -0.3 is 5.73 Å². The Hall–Kier alpha value is -0.370. The molecule has 86 valence electrons. The molecule has 15 heavy (non-hydrogen) atoms. The summed E-state index contributed by atoms with van der Waals surface area (Å²) in [5, 5.41) is 0. The molecule has 2 aliphatic carbocycles. The van der Waals surface area contributed by atoms with Crippen LogP contribution in [0.4, 0.5) is 0 Å². The second kappa shape index (κ2) is 4.25. The summed E-state index contributed by atoms with van der Waals surface area (Å²) in [4.78, 5) is 12.3. The Morgan fingerprint density at radius 2 is 1.93 bits per heavy atom. The molecule has 0 aromatic heterocycles. The lowest BCUT2D eigenvalue weighted by atomic mass is 9.77. The lowest BCUT2D eigenvalue weighted by Gasteiger charge is -2.28. The van der Waals surface area contributed by atoms with Gasteiger partial charge >= 0.3 is 0 Å². The van der Waals surface area contributed by atoms with E-state index in [-0.39, 0.29) is 11.5 Å². The number of nitrogens with two attached hydrogens (primary N) is 1. The largest absolute Gasteiger partial charge is 0.327 e. The number of ketones is 1. The third-order valence-electron chi connectivity index (χ3n) is 4.62. The third-order valence-corrected chi connectivity index (χ3v) is 4.62. The van der Waals surface area contributed by atoms with E-state index in [2.05, 4.69) is 6.92 Å². The Kier molecular flexibility index (Phi) is 3.15.